The second-order valence-corrected chi connectivity index (χ2v) is 7.73. The van der Waals surface area contributed by atoms with Crippen molar-refractivity contribution in [1.29, 1.82) is 5.26 Å². The molecule has 10 heteroatoms. The molecule has 10 nitrogen and oxygen atoms in total. The van der Waals surface area contributed by atoms with E-state index in [0.717, 1.165) is 25.1 Å². The van der Waals surface area contributed by atoms with Crippen LogP contribution in [0.25, 0.3) is 0 Å². The molecule has 1 aliphatic rings. The molecule has 0 bridgehead atoms. The third-order valence-corrected chi connectivity index (χ3v) is 5.47. The first-order chi connectivity index (χ1) is 16.0. The lowest BCUT2D eigenvalue weighted by Gasteiger charge is -2.30. The first-order valence-electron chi connectivity index (χ1n) is 10.4. The Bertz CT molecular complexity index is 1210. The number of likely N-dealkylation sites (N-methyl/N-ethyl adjacent to an activating group) is 1. The number of amides is 1. The predicted octanol–water partition coefficient (Wildman–Crippen LogP) is 2.20. The van der Waals surface area contributed by atoms with E-state index in [-0.39, 0.29) is 18.1 Å². The largest absolute Gasteiger partial charge is 0.494 e. The van der Waals surface area contributed by atoms with Crippen molar-refractivity contribution in [3.8, 4) is 11.8 Å². The van der Waals surface area contributed by atoms with Crippen molar-refractivity contribution in [2.45, 2.75) is 19.4 Å². The number of carbonyl (C=O) groups is 1. The molecule has 2 heterocycles. The minimum absolute atomic E-state index is 0.0392. The molecule has 1 aromatic heterocycles. The molecule has 0 unspecified atom stereocenters. The zero-order valence-corrected chi connectivity index (χ0v) is 18.4. The Labute approximate surface area is 191 Å². The summed E-state index contributed by atoms with van der Waals surface area (Å²) in [7, 11) is 3.69. The van der Waals surface area contributed by atoms with E-state index in [9.17, 15) is 10.1 Å². The van der Waals surface area contributed by atoms with Gasteiger partial charge in [-0.15, -0.1) is 10.2 Å². The third-order valence-electron chi connectivity index (χ3n) is 5.47. The van der Waals surface area contributed by atoms with Crippen LogP contribution in [0.4, 0.5) is 17.3 Å². The van der Waals surface area contributed by atoms with Crippen molar-refractivity contribution in [2.75, 3.05) is 31.1 Å². The fourth-order valence-corrected chi connectivity index (χ4v) is 3.74. The number of nitrogens with zero attached hydrogens (tertiary/aromatic N) is 6. The molecule has 2 aromatic carbocycles. The fraction of sp³-hybridized carbons (Fsp3) is 0.261. The number of benzene rings is 2. The fourth-order valence-electron chi connectivity index (χ4n) is 3.74. The van der Waals surface area contributed by atoms with Crippen LogP contribution < -0.4 is 20.9 Å². The predicted molar refractivity (Wildman–Crippen MR) is 123 cm³/mol. The van der Waals surface area contributed by atoms with E-state index >= 15 is 0 Å². The van der Waals surface area contributed by atoms with Gasteiger partial charge in [-0.1, -0.05) is 18.2 Å². The smallest absolute Gasteiger partial charge is 0.270 e. The molecule has 0 saturated heterocycles. The zero-order valence-electron chi connectivity index (χ0n) is 18.4. The molecule has 0 saturated carbocycles. The lowest BCUT2D eigenvalue weighted by Crippen LogP contribution is -2.30. The number of methoxy groups -OCH3 is 1. The van der Waals surface area contributed by atoms with E-state index in [0.29, 0.717) is 17.1 Å². The van der Waals surface area contributed by atoms with E-state index in [1.54, 1.807) is 12.1 Å². The summed E-state index contributed by atoms with van der Waals surface area (Å²) < 4.78 is 5.72. The highest BCUT2D eigenvalue weighted by Gasteiger charge is 2.23. The molecule has 4 rings (SSSR count). The zero-order chi connectivity index (χ0) is 23.4. The third kappa shape index (κ3) is 4.68. The van der Waals surface area contributed by atoms with Gasteiger partial charge < -0.3 is 15.4 Å². The Balaban J connectivity index is 1.83. The number of para-hydroxylation sites is 1. The maximum absolute atomic E-state index is 11.4. The lowest BCUT2D eigenvalue weighted by atomic mass is 9.98. The number of nitrogens with two attached hydrogens (primary N) is 1. The number of aromatic nitrogens is 3. The number of nitrogens with one attached hydrogen (secondary N) is 1. The first-order valence-corrected chi connectivity index (χ1v) is 10.4. The number of hydrogen-bond donors (Lipinski definition) is 2. The van der Waals surface area contributed by atoms with Crippen molar-refractivity contribution in [1.82, 2.24) is 20.1 Å². The number of hydrazine groups is 1. The van der Waals surface area contributed by atoms with Gasteiger partial charge in [0.25, 0.3) is 11.9 Å². The van der Waals surface area contributed by atoms with Crippen molar-refractivity contribution in [3.63, 3.8) is 0 Å². The second-order valence-electron chi connectivity index (χ2n) is 7.73. The van der Waals surface area contributed by atoms with Crippen LogP contribution in [-0.2, 0) is 19.4 Å². The van der Waals surface area contributed by atoms with Gasteiger partial charge in [0, 0.05) is 13.1 Å². The number of ether oxygens (including phenoxy) is 1. The molecule has 0 fully saturated rings. The molecule has 0 atom stereocenters. The van der Waals surface area contributed by atoms with Gasteiger partial charge in [-0.2, -0.15) is 5.26 Å². The van der Waals surface area contributed by atoms with Crippen LogP contribution in [0.3, 0.4) is 0 Å². The summed E-state index contributed by atoms with van der Waals surface area (Å²) in [5, 5.41) is 18.9. The van der Waals surface area contributed by atoms with Crippen molar-refractivity contribution in [3.05, 3.63) is 65.0 Å². The number of anilines is 3. The van der Waals surface area contributed by atoms with Crippen molar-refractivity contribution >= 4 is 23.2 Å². The van der Waals surface area contributed by atoms with Crippen LogP contribution in [0.15, 0.2) is 42.6 Å². The summed E-state index contributed by atoms with van der Waals surface area (Å²) >= 11 is 0. The summed E-state index contributed by atoms with van der Waals surface area (Å²) in [6.07, 6.45) is 2.42. The summed E-state index contributed by atoms with van der Waals surface area (Å²) in [4.78, 5) is 18.0. The summed E-state index contributed by atoms with van der Waals surface area (Å²) in [5.41, 5.74) is 13.1. The van der Waals surface area contributed by atoms with E-state index in [2.05, 4.69) is 38.6 Å². The first kappa shape index (κ1) is 22.0. The summed E-state index contributed by atoms with van der Waals surface area (Å²) in [6.45, 7) is 1.77. The SMILES string of the molecule is COc1cc2c(cc1N(Nc1ccccc1CC#N)c1ncc(C(N)=O)nn1)CN(C)CC2. The topological polar surface area (TPSA) is 133 Å². The minimum atomic E-state index is -0.713. The molecule has 3 aromatic rings. The average Bonchev–Trinajstić information content (AvgIpc) is 2.83. The van der Waals surface area contributed by atoms with Gasteiger partial charge in [-0.25, -0.2) is 9.99 Å². The Hall–Kier alpha value is -4.23. The van der Waals surface area contributed by atoms with Gasteiger partial charge in [0.05, 0.1) is 31.5 Å². The molecule has 3 N–H and O–H groups in total. The normalized spacial score (nSPS) is 13.0. The molecule has 1 amide bonds. The standard InChI is InChI=1S/C23H24N8O2/c1-30-10-8-16-12-21(33-2)20(11-17(16)14-30)31(23-26-13-19(22(25)32)27-28-23)29-18-6-4-3-5-15(18)7-9-24/h3-6,11-13,29H,7-8,10,14H2,1-2H3,(H2,25,32). The maximum atomic E-state index is 11.4. The van der Waals surface area contributed by atoms with Gasteiger partial charge in [0.15, 0.2) is 5.69 Å². The van der Waals surface area contributed by atoms with E-state index in [4.69, 9.17) is 10.5 Å². The molecule has 33 heavy (non-hydrogen) atoms. The average molecular weight is 444 g/mol. The Morgan fingerprint density at radius 2 is 2.12 bits per heavy atom. The van der Waals surface area contributed by atoms with E-state index < -0.39 is 5.91 Å². The number of hydrogen-bond acceptors (Lipinski definition) is 9. The number of nitriles is 1. The number of carbonyl (C=O) groups excluding carboxylic acids is 1. The van der Waals surface area contributed by atoms with Crippen LogP contribution in [0.5, 0.6) is 5.75 Å². The molecule has 0 radical (unpaired) electrons. The van der Waals surface area contributed by atoms with Crippen molar-refractivity contribution < 1.29 is 9.53 Å². The van der Waals surface area contributed by atoms with Crippen molar-refractivity contribution in [2.24, 2.45) is 5.73 Å². The number of primary amides is 1. The molecule has 0 spiro atoms. The Morgan fingerprint density at radius 3 is 2.82 bits per heavy atom. The molecule has 0 aliphatic carbocycles. The molecule has 168 valence electrons. The highest BCUT2D eigenvalue weighted by molar-refractivity contribution is 5.90. The molecular formula is C23H24N8O2. The summed E-state index contributed by atoms with van der Waals surface area (Å²) in [6, 6.07) is 13.7. The minimum Gasteiger partial charge on any atom is -0.494 e. The van der Waals surface area contributed by atoms with E-state index in [1.807, 2.05) is 36.4 Å². The van der Waals surface area contributed by atoms with Gasteiger partial charge in [-0.3, -0.25) is 10.2 Å². The highest BCUT2D eigenvalue weighted by atomic mass is 16.5. The number of fused-ring (bicyclic) bond motifs is 1. The van der Waals surface area contributed by atoms with Crippen LogP contribution in [0.1, 0.15) is 27.2 Å². The summed E-state index contributed by atoms with van der Waals surface area (Å²) in [5.74, 6) is 0.107. The van der Waals surface area contributed by atoms with E-state index in [1.165, 1.54) is 17.3 Å². The van der Waals surface area contributed by atoms with Crippen LogP contribution >= 0.6 is 0 Å². The monoisotopic (exact) mass is 444 g/mol. The van der Waals surface area contributed by atoms with Crippen LogP contribution in [0.2, 0.25) is 0 Å². The molecular weight excluding hydrogens is 420 g/mol. The lowest BCUT2D eigenvalue weighted by molar-refractivity contribution is 0.0994. The van der Waals surface area contributed by atoms with Crippen LogP contribution in [0, 0.1) is 11.3 Å². The van der Waals surface area contributed by atoms with Gasteiger partial charge in [0.2, 0.25) is 0 Å². The van der Waals surface area contributed by atoms with Gasteiger partial charge >= 0.3 is 0 Å². The van der Waals surface area contributed by atoms with Crippen LogP contribution in [-0.4, -0.2) is 46.7 Å². The molecule has 1 aliphatic heterocycles. The van der Waals surface area contributed by atoms with Gasteiger partial charge in [-0.05, 0) is 48.4 Å². The maximum Gasteiger partial charge on any atom is 0.270 e. The Kier molecular flexibility index (Phi) is 6.33. The second kappa shape index (κ2) is 9.50. The van der Waals surface area contributed by atoms with Gasteiger partial charge in [0.1, 0.15) is 11.4 Å². The Morgan fingerprint density at radius 1 is 1.30 bits per heavy atom. The highest BCUT2D eigenvalue weighted by Crippen LogP contribution is 2.37. The quantitative estimate of drug-likeness (QED) is 0.526. The number of rotatable bonds is 7.